The fraction of sp³-hybridized carbons (Fsp3) is 0.292. The van der Waals surface area contributed by atoms with E-state index in [2.05, 4.69) is 20.7 Å². The molecule has 0 unspecified atom stereocenters. The standard InChI is InChI=1S/C24H27N7O4/c1-34-18-5-6-19(35-2)20-15(18)12-17(27-20)23(33)31-9-7-24(8-10-31)28-16-4-3-13(21(25)30-26)11-14(16)22(32)29-24/h3-6,11-12,27-28H,7-10,26H2,1-2H3,(H2,25,30)(H,29,32). The molecule has 182 valence electrons. The summed E-state index contributed by atoms with van der Waals surface area (Å²) in [5, 5.41) is 10.8. The van der Waals surface area contributed by atoms with Crippen molar-refractivity contribution in [2.75, 3.05) is 32.6 Å². The molecule has 1 aromatic heterocycles. The van der Waals surface area contributed by atoms with Crippen molar-refractivity contribution in [1.29, 1.82) is 0 Å². The van der Waals surface area contributed by atoms with Gasteiger partial charge in [0.05, 0.1) is 25.3 Å². The number of ether oxygens (including phenoxy) is 2. The van der Waals surface area contributed by atoms with E-state index in [9.17, 15) is 9.59 Å². The molecule has 11 nitrogen and oxygen atoms in total. The Bertz CT molecular complexity index is 1310. The van der Waals surface area contributed by atoms with E-state index >= 15 is 0 Å². The minimum Gasteiger partial charge on any atom is -0.496 e. The Morgan fingerprint density at radius 2 is 1.77 bits per heavy atom. The van der Waals surface area contributed by atoms with Gasteiger partial charge in [-0.2, -0.15) is 5.10 Å². The maximum Gasteiger partial charge on any atom is 0.270 e. The van der Waals surface area contributed by atoms with Gasteiger partial charge >= 0.3 is 0 Å². The summed E-state index contributed by atoms with van der Waals surface area (Å²) in [7, 11) is 3.17. The first-order chi connectivity index (χ1) is 16.9. The maximum absolute atomic E-state index is 13.3. The first-order valence-corrected chi connectivity index (χ1v) is 11.2. The van der Waals surface area contributed by atoms with E-state index in [0.29, 0.717) is 65.5 Å². The number of fused-ring (bicyclic) bond motifs is 2. The van der Waals surface area contributed by atoms with Crippen LogP contribution in [-0.2, 0) is 0 Å². The number of carbonyl (C=O) groups excluding carboxylic acids is 2. The van der Waals surface area contributed by atoms with Crippen LogP contribution in [0.25, 0.3) is 10.9 Å². The number of amidine groups is 1. The molecule has 0 saturated carbocycles. The zero-order chi connectivity index (χ0) is 24.7. The Kier molecular flexibility index (Phi) is 5.39. The number of nitrogens with one attached hydrogen (secondary N) is 3. The molecule has 0 aliphatic carbocycles. The molecule has 7 N–H and O–H groups in total. The summed E-state index contributed by atoms with van der Waals surface area (Å²) >= 11 is 0. The van der Waals surface area contributed by atoms with E-state index in [4.69, 9.17) is 21.1 Å². The lowest BCUT2D eigenvalue weighted by Crippen LogP contribution is -2.62. The number of nitrogens with zero attached hydrogens (tertiary/aromatic N) is 2. The van der Waals surface area contributed by atoms with Crippen molar-refractivity contribution in [3.05, 3.63) is 53.2 Å². The summed E-state index contributed by atoms with van der Waals surface area (Å²) in [6, 6.07) is 10.6. The molecule has 1 saturated heterocycles. The first-order valence-electron chi connectivity index (χ1n) is 11.2. The Balaban J connectivity index is 1.33. The third-order valence-corrected chi connectivity index (χ3v) is 6.72. The number of benzene rings is 2. The molecule has 2 aliphatic rings. The molecule has 2 aromatic carbocycles. The normalized spacial score (nSPS) is 17.0. The van der Waals surface area contributed by atoms with E-state index in [0.717, 1.165) is 5.39 Å². The number of hydrogen-bond acceptors (Lipinski definition) is 7. The van der Waals surface area contributed by atoms with Crippen LogP contribution in [0.3, 0.4) is 0 Å². The van der Waals surface area contributed by atoms with Crippen molar-refractivity contribution < 1.29 is 19.1 Å². The van der Waals surface area contributed by atoms with Crippen LogP contribution in [0.2, 0.25) is 0 Å². The first kappa shape index (κ1) is 22.4. The smallest absolute Gasteiger partial charge is 0.270 e. The highest BCUT2D eigenvalue weighted by Crippen LogP contribution is 2.35. The van der Waals surface area contributed by atoms with Crippen LogP contribution in [0, 0.1) is 0 Å². The average molecular weight is 478 g/mol. The zero-order valence-corrected chi connectivity index (χ0v) is 19.5. The molecule has 5 rings (SSSR count). The van der Waals surface area contributed by atoms with Gasteiger partial charge in [0.25, 0.3) is 11.8 Å². The highest BCUT2D eigenvalue weighted by molar-refractivity contribution is 6.06. The lowest BCUT2D eigenvalue weighted by Gasteiger charge is -2.45. The van der Waals surface area contributed by atoms with Gasteiger partial charge < -0.3 is 41.6 Å². The summed E-state index contributed by atoms with van der Waals surface area (Å²) < 4.78 is 10.9. The van der Waals surface area contributed by atoms with Crippen molar-refractivity contribution >= 4 is 34.2 Å². The van der Waals surface area contributed by atoms with Gasteiger partial charge in [0.15, 0.2) is 0 Å². The molecule has 11 heteroatoms. The van der Waals surface area contributed by atoms with Crippen molar-refractivity contribution in [2.45, 2.75) is 18.5 Å². The van der Waals surface area contributed by atoms with Gasteiger partial charge in [0.1, 0.15) is 28.7 Å². The topological polar surface area (TPSA) is 160 Å². The number of likely N-dealkylation sites (tertiary alicyclic amines) is 1. The SMILES string of the molecule is COc1ccc(OC)c2[nH]c(C(=O)N3CCC4(CC3)NC(=O)c3cc(/C(N)=N/N)ccc3N4)cc12. The van der Waals surface area contributed by atoms with Crippen LogP contribution in [0.5, 0.6) is 11.5 Å². The predicted octanol–water partition coefficient (Wildman–Crippen LogP) is 1.55. The quantitative estimate of drug-likeness (QED) is 0.165. The van der Waals surface area contributed by atoms with Crippen LogP contribution in [0.15, 0.2) is 41.5 Å². The summed E-state index contributed by atoms with van der Waals surface area (Å²) in [5.74, 6) is 6.37. The number of H-pyrrole nitrogens is 1. The molecule has 2 aliphatic heterocycles. The van der Waals surface area contributed by atoms with Crippen LogP contribution in [0.4, 0.5) is 5.69 Å². The third-order valence-electron chi connectivity index (χ3n) is 6.72. The second-order valence-corrected chi connectivity index (χ2v) is 8.67. The second kappa shape index (κ2) is 8.42. The van der Waals surface area contributed by atoms with Gasteiger partial charge in [-0.25, -0.2) is 0 Å². The van der Waals surface area contributed by atoms with Crippen LogP contribution in [-0.4, -0.2) is 60.5 Å². The monoisotopic (exact) mass is 477 g/mol. The molecule has 0 atom stereocenters. The van der Waals surface area contributed by atoms with Crippen molar-refractivity contribution in [3.8, 4) is 11.5 Å². The number of carbonyl (C=O) groups is 2. The Hall–Kier alpha value is -4.41. The average Bonchev–Trinajstić information content (AvgIpc) is 3.33. The summed E-state index contributed by atoms with van der Waals surface area (Å²) in [4.78, 5) is 31.2. The second-order valence-electron chi connectivity index (χ2n) is 8.67. The molecular weight excluding hydrogens is 450 g/mol. The Morgan fingerprint density at radius 3 is 2.46 bits per heavy atom. The highest BCUT2D eigenvalue weighted by atomic mass is 16.5. The van der Waals surface area contributed by atoms with E-state index < -0.39 is 5.66 Å². The number of aromatic amines is 1. The lowest BCUT2D eigenvalue weighted by molar-refractivity contribution is 0.0635. The minimum absolute atomic E-state index is 0.121. The number of amides is 2. The molecule has 1 spiro atoms. The Morgan fingerprint density at radius 1 is 1.06 bits per heavy atom. The van der Waals surface area contributed by atoms with Gasteiger partial charge in [-0.3, -0.25) is 9.59 Å². The summed E-state index contributed by atoms with van der Waals surface area (Å²) in [6.45, 7) is 0.936. The molecular formula is C24H27N7O4. The van der Waals surface area contributed by atoms with E-state index in [1.165, 1.54) is 0 Å². The van der Waals surface area contributed by atoms with Crippen molar-refractivity contribution in [1.82, 2.24) is 15.2 Å². The molecule has 2 amide bonds. The van der Waals surface area contributed by atoms with Gasteiger partial charge in [-0.15, -0.1) is 0 Å². The minimum atomic E-state index is -0.636. The van der Waals surface area contributed by atoms with Gasteiger partial charge in [0.2, 0.25) is 0 Å². The van der Waals surface area contributed by atoms with Crippen LogP contribution < -0.4 is 31.7 Å². The fourth-order valence-corrected chi connectivity index (χ4v) is 4.79. The number of nitrogens with two attached hydrogens (primary N) is 2. The van der Waals surface area contributed by atoms with Crippen LogP contribution >= 0.6 is 0 Å². The number of aromatic nitrogens is 1. The summed E-state index contributed by atoms with van der Waals surface area (Å²) in [6.07, 6.45) is 1.09. The molecule has 1 fully saturated rings. The number of rotatable bonds is 4. The molecule has 35 heavy (non-hydrogen) atoms. The Labute approximate surface area is 201 Å². The van der Waals surface area contributed by atoms with E-state index in [-0.39, 0.29) is 17.6 Å². The van der Waals surface area contributed by atoms with Crippen molar-refractivity contribution in [2.24, 2.45) is 16.7 Å². The molecule has 3 heterocycles. The van der Waals surface area contributed by atoms with Gasteiger partial charge in [-0.1, -0.05) is 0 Å². The molecule has 3 aromatic rings. The van der Waals surface area contributed by atoms with E-state index in [1.807, 2.05) is 6.07 Å². The van der Waals surface area contributed by atoms with Gasteiger partial charge in [0, 0.05) is 42.6 Å². The van der Waals surface area contributed by atoms with Gasteiger partial charge in [-0.05, 0) is 36.4 Å². The van der Waals surface area contributed by atoms with Crippen LogP contribution in [0.1, 0.15) is 39.3 Å². The lowest BCUT2D eigenvalue weighted by atomic mass is 9.91. The number of hydrazone groups is 1. The maximum atomic E-state index is 13.3. The zero-order valence-electron chi connectivity index (χ0n) is 19.5. The number of hydrogen-bond donors (Lipinski definition) is 5. The third kappa shape index (κ3) is 3.74. The summed E-state index contributed by atoms with van der Waals surface area (Å²) in [5.41, 5.74) is 8.06. The number of anilines is 1. The predicted molar refractivity (Wildman–Crippen MR) is 132 cm³/mol. The van der Waals surface area contributed by atoms with E-state index in [1.54, 1.807) is 49.5 Å². The number of methoxy groups -OCH3 is 2. The molecule has 0 bridgehead atoms. The molecule has 0 radical (unpaired) electrons. The largest absolute Gasteiger partial charge is 0.496 e. The fourth-order valence-electron chi connectivity index (χ4n) is 4.79. The van der Waals surface area contributed by atoms with Crippen molar-refractivity contribution in [3.63, 3.8) is 0 Å². The number of piperidine rings is 1. The highest BCUT2D eigenvalue weighted by Gasteiger charge is 2.41.